The molecule has 0 bridgehead atoms. The lowest BCUT2D eigenvalue weighted by Crippen LogP contribution is -2.34. The lowest BCUT2D eigenvalue weighted by atomic mass is 10.2. The number of hydrogen-bond donors (Lipinski definition) is 1. The Balaban J connectivity index is 1.98. The number of benzene rings is 1. The van der Waals surface area contributed by atoms with Crippen LogP contribution in [0.3, 0.4) is 0 Å². The van der Waals surface area contributed by atoms with E-state index in [1.807, 2.05) is 44.2 Å². The Bertz CT molecular complexity index is 599. The third-order valence-electron chi connectivity index (χ3n) is 2.96. The summed E-state index contributed by atoms with van der Waals surface area (Å²) < 4.78 is 5.80. The number of hydrogen-bond acceptors (Lipinski definition) is 4. The molecule has 1 atom stereocenters. The van der Waals surface area contributed by atoms with Crippen molar-refractivity contribution in [2.24, 2.45) is 0 Å². The zero-order valence-corrected chi connectivity index (χ0v) is 11.8. The minimum Gasteiger partial charge on any atom is -0.493 e. The summed E-state index contributed by atoms with van der Waals surface area (Å²) in [5.41, 5.74) is 0.919. The van der Waals surface area contributed by atoms with E-state index in [1.54, 1.807) is 6.20 Å². The number of ether oxygens (including phenoxy) is 1. The highest BCUT2D eigenvalue weighted by Crippen LogP contribution is 2.23. The molecule has 2 rings (SSSR count). The fourth-order valence-electron chi connectivity index (χ4n) is 2.08. The zero-order chi connectivity index (χ0) is 14.4. The summed E-state index contributed by atoms with van der Waals surface area (Å²) in [4.78, 5) is 4.30. The molecule has 0 radical (unpaired) electrons. The van der Waals surface area contributed by atoms with Crippen LogP contribution in [0.2, 0.25) is 0 Å². The molecule has 0 aliphatic carbocycles. The van der Waals surface area contributed by atoms with Crippen molar-refractivity contribution in [2.45, 2.75) is 32.4 Å². The maximum Gasteiger partial charge on any atom is 0.128 e. The van der Waals surface area contributed by atoms with Gasteiger partial charge in [0.25, 0.3) is 0 Å². The van der Waals surface area contributed by atoms with Crippen LogP contribution in [0.25, 0.3) is 10.9 Å². The fourth-order valence-corrected chi connectivity index (χ4v) is 2.08. The van der Waals surface area contributed by atoms with Gasteiger partial charge in [0.15, 0.2) is 0 Å². The smallest absolute Gasteiger partial charge is 0.128 e. The van der Waals surface area contributed by atoms with Crippen LogP contribution in [0.4, 0.5) is 0 Å². The number of nitrogens with zero attached hydrogens (tertiary/aromatic N) is 2. The molecule has 1 N–H and O–H groups in total. The molecule has 0 saturated heterocycles. The molecule has 0 fully saturated rings. The average molecular weight is 269 g/mol. The van der Waals surface area contributed by atoms with Crippen molar-refractivity contribution < 1.29 is 4.74 Å². The normalized spacial score (nSPS) is 12.3. The molecule has 0 amide bonds. The van der Waals surface area contributed by atoms with Crippen molar-refractivity contribution in [3.8, 4) is 11.8 Å². The SMILES string of the molecule is CC(C)NC(C#N)CCOc1cccc2ncccc12. The highest BCUT2D eigenvalue weighted by atomic mass is 16.5. The van der Waals surface area contributed by atoms with E-state index in [2.05, 4.69) is 16.4 Å². The molecule has 1 aromatic heterocycles. The standard InChI is InChI=1S/C16H19N3O/c1-12(2)19-13(11-17)8-10-20-16-7-3-6-15-14(16)5-4-9-18-15/h3-7,9,12-13,19H,8,10H2,1-2H3. The monoisotopic (exact) mass is 269 g/mol. The summed E-state index contributed by atoms with van der Waals surface area (Å²) in [5.74, 6) is 0.817. The third-order valence-corrected chi connectivity index (χ3v) is 2.96. The molecular weight excluding hydrogens is 250 g/mol. The predicted octanol–water partition coefficient (Wildman–Crippen LogP) is 2.89. The number of pyridine rings is 1. The lowest BCUT2D eigenvalue weighted by molar-refractivity contribution is 0.297. The molecule has 1 unspecified atom stereocenters. The molecular formula is C16H19N3O. The summed E-state index contributed by atoms with van der Waals surface area (Å²) in [6.45, 7) is 4.56. The van der Waals surface area contributed by atoms with Gasteiger partial charge in [0.1, 0.15) is 5.75 Å². The molecule has 1 heterocycles. The first-order valence-electron chi connectivity index (χ1n) is 6.83. The van der Waals surface area contributed by atoms with Gasteiger partial charge in [-0.25, -0.2) is 0 Å². The molecule has 2 aromatic rings. The van der Waals surface area contributed by atoms with Gasteiger partial charge in [-0.15, -0.1) is 0 Å². The maximum atomic E-state index is 9.07. The van der Waals surface area contributed by atoms with Crippen LogP contribution in [-0.2, 0) is 0 Å². The minimum atomic E-state index is -0.178. The van der Waals surface area contributed by atoms with Gasteiger partial charge in [-0.3, -0.25) is 10.3 Å². The largest absolute Gasteiger partial charge is 0.493 e. The van der Waals surface area contributed by atoms with Gasteiger partial charge in [0.2, 0.25) is 0 Å². The van der Waals surface area contributed by atoms with Gasteiger partial charge < -0.3 is 4.74 Å². The van der Waals surface area contributed by atoms with E-state index in [9.17, 15) is 0 Å². The van der Waals surface area contributed by atoms with Gasteiger partial charge in [0.05, 0.1) is 24.2 Å². The van der Waals surface area contributed by atoms with Crippen LogP contribution in [0, 0.1) is 11.3 Å². The maximum absolute atomic E-state index is 9.07. The van der Waals surface area contributed by atoms with Crippen LogP contribution >= 0.6 is 0 Å². The first-order valence-corrected chi connectivity index (χ1v) is 6.83. The average Bonchev–Trinajstić information content (AvgIpc) is 2.46. The van der Waals surface area contributed by atoms with E-state index >= 15 is 0 Å². The summed E-state index contributed by atoms with van der Waals surface area (Å²) in [7, 11) is 0. The van der Waals surface area contributed by atoms with Crippen molar-refractivity contribution in [3.63, 3.8) is 0 Å². The van der Waals surface area contributed by atoms with E-state index in [1.165, 1.54) is 0 Å². The second-order valence-corrected chi connectivity index (χ2v) is 4.97. The van der Waals surface area contributed by atoms with E-state index in [4.69, 9.17) is 10.00 Å². The van der Waals surface area contributed by atoms with Gasteiger partial charge in [-0.2, -0.15) is 5.26 Å². The topological polar surface area (TPSA) is 57.9 Å². The predicted molar refractivity (Wildman–Crippen MR) is 79.5 cm³/mol. The quantitative estimate of drug-likeness (QED) is 0.876. The molecule has 0 spiro atoms. The number of aromatic nitrogens is 1. The second kappa shape index (κ2) is 6.88. The van der Waals surface area contributed by atoms with E-state index in [0.717, 1.165) is 16.7 Å². The van der Waals surface area contributed by atoms with Gasteiger partial charge in [-0.1, -0.05) is 6.07 Å². The van der Waals surface area contributed by atoms with Crippen LogP contribution in [0.15, 0.2) is 36.5 Å². The van der Waals surface area contributed by atoms with Crippen molar-refractivity contribution in [3.05, 3.63) is 36.5 Å². The zero-order valence-electron chi connectivity index (χ0n) is 11.8. The highest BCUT2D eigenvalue weighted by Gasteiger charge is 2.09. The number of rotatable bonds is 6. The van der Waals surface area contributed by atoms with E-state index in [-0.39, 0.29) is 6.04 Å². The van der Waals surface area contributed by atoms with Gasteiger partial charge in [0, 0.05) is 24.0 Å². The van der Waals surface area contributed by atoms with Crippen LogP contribution in [0.1, 0.15) is 20.3 Å². The molecule has 4 nitrogen and oxygen atoms in total. The Morgan fingerprint density at radius 2 is 2.15 bits per heavy atom. The Morgan fingerprint density at radius 3 is 2.90 bits per heavy atom. The summed E-state index contributed by atoms with van der Waals surface area (Å²) >= 11 is 0. The van der Waals surface area contributed by atoms with Crippen LogP contribution in [0.5, 0.6) is 5.75 Å². The molecule has 20 heavy (non-hydrogen) atoms. The Hall–Kier alpha value is -2.12. The lowest BCUT2D eigenvalue weighted by Gasteiger charge is -2.15. The molecule has 0 aliphatic rings. The molecule has 1 aromatic carbocycles. The van der Waals surface area contributed by atoms with E-state index < -0.39 is 0 Å². The summed E-state index contributed by atoms with van der Waals surface area (Å²) in [6, 6.07) is 12.1. The summed E-state index contributed by atoms with van der Waals surface area (Å²) in [5, 5.41) is 13.3. The van der Waals surface area contributed by atoms with Crippen molar-refractivity contribution in [1.29, 1.82) is 5.26 Å². The number of nitrogens with one attached hydrogen (secondary N) is 1. The molecule has 4 heteroatoms. The van der Waals surface area contributed by atoms with Crippen molar-refractivity contribution in [2.75, 3.05) is 6.61 Å². The second-order valence-electron chi connectivity index (χ2n) is 4.97. The minimum absolute atomic E-state index is 0.178. The first-order chi connectivity index (χ1) is 9.70. The Labute approximate surface area is 119 Å². The fraction of sp³-hybridized carbons (Fsp3) is 0.375. The Kier molecular flexibility index (Phi) is 4.91. The van der Waals surface area contributed by atoms with Crippen molar-refractivity contribution >= 4 is 10.9 Å². The van der Waals surface area contributed by atoms with Gasteiger partial charge >= 0.3 is 0 Å². The van der Waals surface area contributed by atoms with Crippen LogP contribution < -0.4 is 10.1 Å². The molecule has 0 aliphatic heterocycles. The summed E-state index contributed by atoms with van der Waals surface area (Å²) in [6.07, 6.45) is 2.43. The van der Waals surface area contributed by atoms with Gasteiger partial charge in [-0.05, 0) is 38.1 Å². The third kappa shape index (κ3) is 3.69. The van der Waals surface area contributed by atoms with E-state index in [0.29, 0.717) is 19.1 Å². The van der Waals surface area contributed by atoms with Crippen molar-refractivity contribution in [1.82, 2.24) is 10.3 Å². The number of nitriles is 1. The molecule has 0 saturated carbocycles. The molecule has 104 valence electrons. The highest BCUT2D eigenvalue weighted by molar-refractivity contribution is 5.84. The van der Waals surface area contributed by atoms with Crippen LogP contribution in [-0.4, -0.2) is 23.7 Å². The Morgan fingerprint density at radius 1 is 1.30 bits per heavy atom. The first kappa shape index (κ1) is 14.3. The number of fused-ring (bicyclic) bond motifs is 1.